The van der Waals surface area contributed by atoms with Gasteiger partial charge in [0.05, 0.1) is 6.54 Å². The molecule has 0 spiro atoms. The molecule has 0 bridgehead atoms. The van der Waals surface area contributed by atoms with Crippen LogP contribution in [0.4, 0.5) is 13.2 Å². The van der Waals surface area contributed by atoms with Gasteiger partial charge in [-0.3, -0.25) is 4.79 Å². The predicted molar refractivity (Wildman–Crippen MR) is 66.1 cm³/mol. The van der Waals surface area contributed by atoms with Gasteiger partial charge in [0.2, 0.25) is 5.91 Å². The normalized spacial score (nSPS) is 12.4. The minimum absolute atomic E-state index is 0.0225. The Kier molecular flexibility index (Phi) is 5.80. The summed E-state index contributed by atoms with van der Waals surface area (Å²) in [5.41, 5.74) is 0. The van der Waals surface area contributed by atoms with Crippen LogP contribution in [0.15, 0.2) is 16.3 Å². The van der Waals surface area contributed by atoms with Gasteiger partial charge in [0.25, 0.3) is 9.05 Å². The lowest BCUT2D eigenvalue weighted by molar-refractivity contribution is -0.175. The average molecular weight is 352 g/mol. The van der Waals surface area contributed by atoms with Crippen LogP contribution < -0.4 is 5.32 Å². The molecule has 1 aromatic rings. The summed E-state index contributed by atoms with van der Waals surface area (Å²) in [7, 11) is 1.29. The summed E-state index contributed by atoms with van der Waals surface area (Å²) in [6, 6.07) is 2.71. The Morgan fingerprint density at radius 3 is 2.55 bits per heavy atom. The minimum Gasteiger partial charge on any atom is -0.362 e. The Morgan fingerprint density at radius 1 is 1.40 bits per heavy atom. The van der Waals surface area contributed by atoms with Crippen molar-refractivity contribution < 1.29 is 31.1 Å². The van der Waals surface area contributed by atoms with Gasteiger partial charge in [-0.15, -0.1) is 11.3 Å². The molecule has 0 atom stereocenters. The van der Waals surface area contributed by atoms with Gasteiger partial charge in [0.15, 0.2) is 0 Å². The lowest BCUT2D eigenvalue weighted by Gasteiger charge is -2.07. The fraction of sp³-hybridized carbons (Fsp3) is 0.444. The molecule has 0 aliphatic rings. The number of amides is 1. The molecule has 1 aromatic heterocycles. The molecule has 114 valence electrons. The highest BCUT2D eigenvalue weighted by atomic mass is 35.7. The third-order valence-electron chi connectivity index (χ3n) is 1.84. The summed E-state index contributed by atoms with van der Waals surface area (Å²) in [5.74, 6) is -0.738. The Bertz CT molecular complexity index is 570. The van der Waals surface area contributed by atoms with Crippen LogP contribution in [0.25, 0.3) is 0 Å². The first-order valence-electron chi connectivity index (χ1n) is 5.02. The number of alkyl halides is 3. The van der Waals surface area contributed by atoms with Crippen LogP contribution in [0.1, 0.15) is 4.88 Å². The smallest absolute Gasteiger partial charge is 0.362 e. The zero-order valence-corrected chi connectivity index (χ0v) is 12.1. The molecular weight excluding hydrogens is 343 g/mol. The van der Waals surface area contributed by atoms with Gasteiger partial charge in [-0.1, -0.05) is 0 Å². The Morgan fingerprint density at radius 2 is 2.05 bits per heavy atom. The fourth-order valence-electron chi connectivity index (χ4n) is 1.08. The molecule has 11 heteroatoms. The van der Waals surface area contributed by atoms with Gasteiger partial charge >= 0.3 is 6.18 Å². The van der Waals surface area contributed by atoms with E-state index in [0.29, 0.717) is 4.88 Å². The van der Waals surface area contributed by atoms with Crippen molar-refractivity contribution in [1.29, 1.82) is 0 Å². The SMILES string of the molecule is O=C(COCC(F)(F)F)NCc1ccc(S(=O)(=O)Cl)s1. The van der Waals surface area contributed by atoms with E-state index in [-0.39, 0.29) is 10.8 Å². The first kappa shape index (κ1) is 17.2. The number of hydrogen-bond donors (Lipinski definition) is 1. The second-order valence-electron chi connectivity index (χ2n) is 3.54. The maximum absolute atomic E-state index is 11.7. The average Bonchev–Trinajstić information content (AvgIpc) is 2.72. The summed E-state index contributed by atoms with van der Waals surface area (Å²) >= 11 is 0.854. The maximum Gasteiger partial charge on any atom is 0.411 e. The molecule has 1 heterocycles. The first-order chi connectivity index (χ1) is 9.08. The summed E-state index contributed by atoms with van der Waals surface area (Å²) < 4.78 is 61.3. The molecule has 0 saturated heterocycles. The van der Waals surface area contributed by atoms with E-state index in [9.17, 15) is 26.4 Å². The molecule has 20 heavy (non-hydrogen) atoms. The number of carbonyl (C=O) groups excluding carboxylic acids is 1. The number of nitrogens with one attached hydrogen (secondary N) is 1. The third kappa shape index (κ3) is 6.55. The zero-order valence-electron chi connectivity index (χ0n) is 9.74. The Hall–Kier alpha value is -0.840. The first-order valence-corrected chi connectivity index (χ1v) is 8.15. The molecule has 0 saturated carbocycles. The number of ether oxygens (including phenoxy) is 1. The number of rotatable bonds is 6. The van der Waals surface area contributed by atoms with Gasteiger partial charge < -0.3 is 10.1 Å². The summed E-state index contributed by atoms with van der Waals surface area (Å²) in [6.45, 7) is -2.26. The third-order valence-corrected chi connectivity index (χ3v) is 5.01. The number of hydrogen-bond acceptors (Lipinski definition) is 5. The molecule has 0 aliphatic carbocycles. The minimum atomic E-state index is -4.49. The van der Waals surface area contributed by atoms with Gasteiger partial charge in [-0.05, 0) is 12.1 Å². The van der Waals surface area contributed by atoms with E-state index in [4.69, 9.17) is 10.7 Å². The van der Waals surface area contributed by atoms with E-state index in [1.165, 1.54) is 12.1 Å². The van der Waals surface area contributed by atoms with Gasteiger partial charge in [0, 0.05) is 15.6 Å². The lowest BCUT2D eigenvalue weighted by atomic mass is 10.4. The van der Waals surface area contributed by atoms with Crippen LogP contribution in [0.5, 0.6) is 0 Å². The second kappa shape index (κ2) is 6.74. The van der Waals surface area contributed by atoms with Gasteiger partial charge in [-0.25, -0.2) is 8.42 Å². The van der Waals surface area contributed by atoms with Crippen molar-refractivity contribution in [1.82, 2.24) is 5.32 Å². The largest absolute Gasteiger partial charge is 0.411 e. The molecule has 5 nitrogen and oxygen atoms in total. The van der Waals surface area contributed by atoms with E-state index in [1.807, 2.05) is 0 Å². The highest BCUT2D eigenvalue weighted by molar-refractivity contribution is 8.15. The fourth-order valence-corrected chi connectivity index (χ4v) is 3.14. The monoisotopic (exact) mass is 351 g/mol. The molecule has 1 rings (SSSR count). The van der Waals surface area contributed by atoms with E-state index < -0.39 is 34.3 Å². The number of carbonyl (C=O) groups is 1. The van der Waals surface area contributed by atoms with Crippen molar-refractivity contribution in [3.8, 4) is 0 Å². The highest BCUT2D eigenvalue weighted by Crippen LogP contribution is 2.24. The summed E-state index contributed by atoms with van der Waals surface area (Å²) in [6.07, 6.45) is -4.49. The number of thiophene rings is 1. The van der Waals surface area contributed by atoms with Crippen molar-refractivity contribution in [2.75, 3.05) is 13.2 Å². The lowest BCUT2D eigenvalue weighted by Crippen LogP contribution is -2.29. The summed E-state index contributed by atoms with van der Waals surface area (Å²) in [5, 5.41) is 2.29. The standard InChI is InChI=1S/C9H9ClF3NO4S2/c10-20(16,17)8-2-1-6(19-8)3-14-7(15)4-18-5-9(11,12)13/h1-2H,3-5H2,(H,14,15). The molecule has 0 unspecified atom stereocenters. The maximum atomic E-state index is 11.7. The molecule has 1 amide bonds. The van der Waals surface area contributed by atoms with Crippen LogP contribution in [0.3, 0.4) is 0 Å². The highest BCUT2D eigenvalue weighted by Gasteiger charge is 2.27. The van der Waals surface area contributed by atoms with Crippen molar-refractivity contribution in [2.24, 2.45) is 0 Å². The van der Waals surface area contributed by atoms with Crippen molar-refractivity contribution in [3.63, 3.8) is 0 Å². The molecule has 0 aromatic carbocycles. The van der Waals surface area contributed by atoms with Crippen molar-refractivity contribution in [3.05, 3.63) is 17.0 Å². The molecule has 1 N–H and O–H groups in total. The second-order valence-corrected chi connectivity index (χ2v) is 7.50. The summed E-state index contributed by atoms with van der Waals surface area (Å²) in [4.78, 5) is 11.7. The van der Waals surface area contributed by atoms with E-state index in [2.05, 4.69) is 10.1 Å². The van der Waals surface area contributed by atoms with Crippen LogP contribution in [-0.4, -0.2) is 33.7 Å². The predicted octanol–water partition coefficient (Wildman–Crippen LogP) is 1.87. The van der Waals surface area contributed by atoms with Crippen LogP contribution in [0, 0.1) is 0 Å². The number of halogens is 4. The Labute approximate surface area is 121 Å². The molecule has 0 aliphatic heterocycles. The Balaban J connectivity index is 2.36. The van der Waals surface area contributed by atoms with Crippen LogP contribution in [0.2, 0.25) is 0 Å². The molecular formula is C9H9ClF3NO4S2. The molecule has 0 radical (unpaired) electrons. The molecule has 0 fully saturated rings. The van der Waals surface area contributed by atoms with Crippen LogP contribution >= 0.6 is 22.0 Å². The van der Waals surface area contributed by atoms with E-state index >= 15 is 0 Å². The zero-order chi connectivity index (χ0) is 15.4. The van der Waals surface area contributed by atoms with Crippen LogP contribution in [-0.2, 0) is 25.1 Å². The topological polar surface area (TPSA) is 72.5 Å². The van der Waals surface area contributed by atoms with E-state index in [0.717, 1.165) is 11.3 Å². The van der Waals surface area contributed by atoms with E-state index in [1.54, 1.807) is 0 Å². The van der Waals surface area contributed by atoms with Crippen molar-refractivity contribution in [2.45, 2.75) is 16.9 Å². The van der Waals surface area contributed by atoms with Crippen molar-refractivity contribution >= 4 is 37.0 Å². The van der Waals surface area contributed by atoms with Gasteiger partial charge in [-0.2, -0.15) is 13.2 Å². The quantitative estimate of drug-likeness (QED) is 0.794. The van der Waals surface area contributed by atoms with Gasteiger partial charge in [0.1, 0.15) is 17.4 Å².